The molecule has 3 aromatic rings. The SMILES string of the molecule is CCNC(=S)C1CCC(c2nc(C(=O)Nc3ccccc3-c3ccc(C)cc3)cs2)CC1. The number of rotatable bonds is 6. The summed E-state index contributed by atoms with van der Waals surface area (Å²) in [4.78, 5) is 18.7. The first kappa shape index (κ1) is 22.6. The Bertz CT molecular complexity index is 1080. The number of benzene rings is 2. The van der Waals surface area contributed by atoms with Gasteiger partial charge >= 0.3 is 0 Å². The number of para-hydroxylation sites is 1. The second-order valence-electron chi connectivity index (χ2n) is 8.38. The van der Waals surface area contributed by atoms with Crippen molar-refractivity contribution < 1.29 is 4.79 Å². The molecular formula is C26H29N3OS2. The molecule has 0 aliphatic heterocycles. The van der Waals surface area contributed by atoms with E-state index in [0.717, 1.165) is 59.0 Å². The molecule has 6 heteroatoms. The lowest BCUT2D eigenvalue weighted by Crippen LogP contribution is -2.31. The van der Waals surface area contributed by atoms with Crippen LogP contribution in [0.2, 0.25) is 0 Å². The fourth-order valence-corrected chi connectivity index (χ4v) is 5.62. The minimum absolute atomic E-state index is 0.158. The average molecular weight is 464 g/mol. The summed E-state index contributed by atoms with van der Waals surface area (Å²) in [6, 6.07) is 16.2. The molecule has 166 valence electrons. The number of aromatic nitrogens is 1. The predicted octanol–water partition coefficient (Wildman–Crippen LogP) is 6.58. The third-order valence-corrected chi connectivity index (χ3v) is 7.58. The van der Waals surface area contributed by atoms with Crippen LogP contribution in [0.1, 0.15) is 59.6 Å². The van der Waals surface area contributed by atoms with E-state index in [0.29, 0.717) is 17.5 Å². The van der Waals surface area contributed by atoms with Gasteiger partial charge in [-0.15, -0.1) is 11.3 Å². The lowest BCUT2D eigenvalue weighted by molar-refractivity contribution is 0.102. The Morgan fingerprint density at radius 3 is 2.53 bits per heavy atom. The van der Waals surface area contributed by atoms with Crippen molar-refractivity contribution in [1.82, 2.24) is 10.3 Å². The first-order valence-corrected chi connectivity index (χ1v) is 12.5. The van der Waals surface area contributed by atoms with Crippen molar-refractivity contribution in [2.24, 2.45) is 5.92 Å². The van der Waals surface area contributed by atoms with Gasteiger partial charge in [-0.05, 0) is 51.2 Å². The number of nitrogens with one attached hydrogen (secondary N) is 2. The number of hydrogen-bond donors (Lipinski definition) is 2. The highest BCUT2D eigenvalue weighted by Gasteiger charge is 2.27. The number of nitrogens with zero attached hydrogens (tertiary/aromatic N) is 1. The molecule has 1 aliphatic carbocycles. The molecule has 0 atom stereocenters. The van der Waals surface area contributed by atoms with Crippen molar-refractivity contribution in [2.45, 2.75) is 45.4 Å². The molecule has 0 unspecified atom stereocenters. The number of amides is 1. The summed E-state index contributed by atoms with van der Waals surface area (Å²) in [5, 5.41) is 9.32. The maximum absolute atomic E-state index is 13.0. The molecule has 0 radical (unpaired) electrons. The standard InChI is InChI=1S/C26H29N3OS2/c1-3-27-25(31)19-12-14-20(15-13-19)26-29-23(16-32-26)24(30)28-22-7-5-4-6-21(22)18-10-8-17(2)9-11-18/h4-11,16,19-20H,3,12-15H2,1-2H3,(H,27,31)(H,28,30). The van der Waals surface area contributed by atoms with Gasteiger partial charge in [-0.3, -0.25) is 4.79 Å². The smallest absolute Gasteiger partial charge is 0.275 e. The van der Waals surface area contributed by atoms with Crippen LogP contribution in [0.3, 0.4) is 0 Å². The van der Waals surface area contributed by atoms with Gasteiger partial charge in [-0.2, -0.15) is 0 Å². The van der Waals surface area contributed by atoms with Crippen molar-refractivity contribution in [3.05, 3.63) is 70.2 Å². The van der Waals surface area contributed by atoms with Crippen LogP contribution in [0.5, 0.6) is 0 Å². The van der Waals surface area contributed by atoms with Crippen molar-refractivity contribution in [3.8, 4) is 11.1 Å². The molecule has 1 aromatic heterocycles. The maximum atomic E-state index is 13.0. The zero-order valence-corrected chi connectivity index (χ0v) is 20.2. The van der Waals surface area contributed by atoms with Crippen LogP contribution in [-0.4, -0.2) is 22.4 Å². The molecule has 0 bridgehead atoms. The summed E-state index contributed by atoms with van der Waals surface area (Å²) in [7, 11) is 0. The zero-order valence-electron chi connectivity index (χ0n) is 18.6. The Morgan fingerprint density at radius 2 is 1.81 bits per heavy atom. The van der Waals surface area contributed by atoms with E-state index in [1.165, 1.54) is 5.56 Å². The Morgan fingerprint density at radius 1 is 1.09 bits per heavy atom. The molecule has 1 fully saturated rings. The van der Waals surface area contributed by atoms with E-state index in [-0.39, 0.29) is 5.91 Å². The second-order valence-corrected chi connectivity index (χ2v) is 9.71. The quantitative estimate of drug-likeness (QED) is 0.405. The number of carbonyl (C=O) groups excluding carboxylic acids is 1. The van der Waals surface area contributed by atoms with Crippen molar-refractivity contribution >= 4 is 40.1 Å². The molecule has 0 spiro atoms. The normalized spacial score (nSPS) is 18.2. The van der Waals surface area contributed by atoms with E-state index in [1.54, 1.807) is 11.3 Å². The third kappa shape index (κ3) is 5.25. The minimum Gasteiger partial charge on any atom is -0.380 e. The average Bonchev–Trinajstić information content (AvgIpc) is 3.31. The van der Waals surface area contributed by atoms with Gasteiger partial charge in [0.15, 0.2) is 0 Å². The highest BCUT2D eigenvalue weighted by molar-refractivity contribution is 7.80. The van der Waals surface area contributed by atoms with Gasteiger partial charge in [-0.1, -0.05) is 60.2 Å². The molecule has 1 amide bonds. The van der Waals surface area contributed by atoms with Gasteiger partial charge in [-0.25, -0.2) is 4.98 Å². The van der Waals surface area contributed by atoms with Crippen LogP contribution in [0, 0.1) is 12.8 Å². The highest BCUT2D eigenvalue weighted by atomic mass is 32.1. The Balaban J connectivity index is 1.42. The molecule has 2 aromatic carbocycles. The van der Waals surface area contributed by atoms with E-state index in [4.69, 9.17) is 17.2 Å². The monoisotopic (exact) mass is 463 g/mol. The Kier molecular flexibility index (Phi) is 7.33. The summed E-state index contributed by atoms with van der Waals surface area (Å²) >= 11 is 7.10. The fraction of sp³-hybridized carbons (Fsp3) is 0.346. The zero-order chi connectivity index (χ0) is 22.5. The van der Waals surface area contributed by atoms with Gasteiger partial charge in [0, 0.05) is 35.0 Å². The summed E-state index contributed by atoms with van der Waals surface area (Å²) in [5.74, 6) is 0.735. The number of hydrogen-bond acceptors (Lipinski definition) is 4. The molecule has 2 N–H and O–H groups in total. The lowest BCUT2D eigenvalue weighted by atomic mass is 9.82. The van der Waals surface area contributed by atoms with Crippen LogP contribution < -0.4 is 10.6 Å². The molecule has 4 rings (SSSR count). The van der Waals surface area contributed by atoms with Crippen LogP contribution in [0.25, 0.3) is 11.1 Å². The fourth-order valence-electron chi connectivity index (χ4n) is 4.26. The van der Waals surface area contributed by atoms with Gasteiger partial charge in [0.2, 0.25) is 0 Å². The lowest BCUT2D eigenvalue weighted by Gasteiger charge is -2.28. The second kappa shape index (κ2) is 10.4. The first-order valence-electron chi connectivity index (χ1n) is 11.3. The van der Waals surface area contributed by atoms with E-state index in [2.05, 4.69) is 48.7 Å². The number of thiazole rings is 1. The molecule has 1 saturated carbocycles. The van der Waals surface area contributed by atoms with Crippen molar-refractivity contribution in [2.75, 3.05) is 11.9 Å². The van der Waals surface area contributed by atoms with Gasteiger partial charge < -0.3 is 10.6 Å². The van der Waals surface area contributed by atoms with E-state index in [9.17, 15) is 4.79 Å². The van der Waals surface area contributed by atoms with E-state index < -0.39 is 0 Å². The largest absolute Gasteiger partial charge is 0.380 e. The number of carbonyl (C=O) groups is 1. The van der Waals surface area contributed by atoms with Gasteiger partial charge in [0.25, 0.3) is 5.91 Å². The Labute approximate surface area is 199 Å². The molecule has 4 nitrogen and oxygen atoms in total. The number of anilines is 1. The third-order valence-electron chi connectivity index (χ3n) is 6.09. The van der Waals surface area contributed by atoms with Crippen molar-refractivity contribution in [1.29, 1.82) is 0 Å². The van der Waals surface area contributed by atoms with Crippen LogP contribution in [0.15, 0.2) is 53.9 Å². The molecular weight excluding hydrogens is 434 g/mol. The summed E-state index contributed by atoms with van der Waals surface area (Å²) in [5.41, 5.74) is 4.59. The maximum Gasteiger partial charge on any atom is 0.275 e. The first-order chi connectivity index (χ1) is 15.5. The summed E-state index contributed by atoms with van der Waals surface area (Å²) < 4.78 is 0. The minimum atomic E-state index is -0.158. The van der Waals surface area contributed by atoms with Crippen LogP contribution in [-0.2, 0) is 0 Å². The van der Waals surface area contributed by atoms with Gasteiger partial charge in [0.1, 0.15) is 5.69 Å². The predicted molar refractivity (Wildman–Crippen MR) is 138 cm³/mol. The Hall–Kier alpha value is -2.57. The summed E-state index contributed by atoms with van der Waals surface area (Å²) in [6.07, 6.45) is 4.31. The number of aryl methyl sites for hydroxylation is 1. The highest BCUT2D eigenvalue weighted by Crippen LogP contribution is 2.37. The summed E-state index contributed by atoms with van der Waals surface area (Å²) in [6.45, 7) is 5.04. The molecule has 1 aliphatic rings. The topological polar surface area (TPSA) is 54.0 Å². The molecule has 1 heterocycles. The van der Waals surface area contributed by atoms with Crippen LogP contribution >= 0.6 is 23.6 Å². The molecule has 0 saturated heterocycles. The van der Waals surface area contributed by atoms with E-state index >= 15 is 0 Å². The van der Waals surface area contributed by atoms with Crippen LogP contribution in [0.4, 0.5) is 5.69 Å². The molecule has 32 heavy (non-hydrogen) atoms. The number of thiocarbonyl (C=S) groups is 1. The van der Waals surface area contributed by atoms with Gasteiger partial charge in [0.05, 0.1) is 10.00 Å². The van der Waals surface area contributed by atoms with E-state index in [1.807, 2.05) is 29.6 Å². The van der Waals surface area contributed by atoms with Crippen molar-refractivity contribution in [3.63, 3.8) is 0 Å².